The van der Waals surface area contributed by atoms with Crippen LogP contribution in [0.5, 0.6) is 0 Å². The minimum Gasteiger partial charge on any atom is -0.399 e. The maximum atomic E-state index is 11.3. The first-order valence-electron chi connectivity index (χ1n) is 4.76. The highest BCUT2D eigenvalue weighted by atomic mass is 16.2. The molecule has 0 spiro atoms. The van der Waals surface area contributed by atoms with Gasteiger partial charge in [-0.3, -0.25) is 4.79 Å². The number of rotatable bonds is 2. The zero-order valence-corrected chi connectivity index (χ0v) is 9.32. The van der Waals surface area contributed by atoms with Crippen LogP contribution in [0.15, 0.2) is 24.3 Å². The number of carbonyl (C=O) groups excluding carboxylic acids is 1. The van der Waals surface area contributed by atoms with Gasteiger partial charge < -0.3 is 10.6 Å². The van der Waals surface area contributed by atoms with Crippen LogP contribution < -0.4 is 5.73 Å². The Morgan fingerprint density at radius 3 is 2.67 bits per heavy atom. The normalized spacial score (nSPS) is 10.6. The number of benzene rings is 1. The second-order valence-electron chi connectivity index (χ2n) is 3.68. The van der Waals surface area contributed by atoms with Crippen LogP contribution in [0.2, 0.25) is 0 Å². The Kier molecular flexibility index (Phi) is 3.50. The Balaban J connectivity index is 2.89. The Morgan fingerprint density at radius 2 is 2.07 bits per heavy atom. The van der Waals surface area contributed by atoms with Crippen LogP contribution in [0, 0.1) is 6.92 Å². The van der Waals surface area contributed by atoms with Gasteiger partial charge >= 0.3 is 0 Å². The van der Waals surface area contributed by atoms with Gasteiger partial charge in [-0.15, -0.1) is 0 Å². The first kappa shape index (κ1) is 11.3. The molecule has 0 bridgehead atoms. The van der Waals surface area contributed by atoms with Gasteiger partial charge in [-0.05, 0) is 36.3 Å². The molecule has 1 aromatic rings. The number of anilines is 1. The summed E-state index contributed by atoms with van der Waals surface area (Å²) in [5.74, 6) is -0.0307. The highest BCUT2D eigenvalue weighted by molar-refractivity contribution is 5.91. The summed E-state index contributed by atoms with van der Waals surface area (Å²) in [6.45, 7) is 1.99. The van der Waals surface area contributed by atoms with Gasteiger partial charge in [0.1, 0.15) is 0 Å². The third-order valence-electron chi connectivity index (χ3n) is 2.15. The molecular weight excluding hydrogens is 188 g/mol. The van der Waals surface area contributed by atoms with Crippen LogP contribution in [0.1, 0.15) is 11.1 Å². The molecule has 0 atom stereocenters. The largest absolute Gasteiger partial charge is 0.399 e. The van der Waals surface area contributed by atoms with Gasteiger partial charge in [-0.25, -0.2) is 0 Å². The molecule has 0 saturated carbocycles. The average molecular weight is 204 g/mol. The van der Waals surface area contributed by atoms with E-state index in [9.17, 15) is 4.79 Å². The monoisotopic (exact) mass is 204 g/mol. The second-order valence-corrected chi connectivity index (χ2v) is 3.68. The number of hydrogen-bond acceptors (Lipinski definition) is 2. The minimum absolute atomic E-state index is 0.0307. The molecule has 0 aliphatic rings. The van der Waals surface area contributed by atoms with Crippen LogP contribution in [0.4, 0.5) is 5.69 Å². The van der Waals surface area contributed by atoms with Crippen molar-refractivity contribution in [1.82, 2.24) is 4.90 Å². The maximum absolute atomic E-state index is 11.3. The zero-order chi connectivity index (χ0) is 11.4. The topological polar surface area (TPSA) is 46.3 Å². The van der Waals surface area contributed by atoms with Crippen LogP contribution in [-0.2, 0) is 4.79 Å². The summed E-state index contributed by atoms with van der Waals surface area (Å²) in [5, 5.41) is 0. The molecule has 0 saturated heterocycles. The van der Waals surface area contributed by atoms with E-state index in [-0.39, 0.29) is 5.91 Å². The van der Waals surface area contributed by atoms with E-state index in [4.69, 9.17) is 5.73 Å². The van der Waals surface area contributed by atoms with Crippen molar-refractivity contribution >= 4 is 17.7 Å². The molecule has 0 aliphatic heterocycles. The second kappa shape index (κ2) is 4.64. The number of hydrogen-bond donors (Lipinski definition) is 1. The summed E-state index contributed by atoms with van der Waals surface area (Å²) in [6.07, 6.45) is 3.33. The lowest BCUT2D eigenvalue weighted by molar-refractivity contribution is -0.123. The van der Waals surface area contributed by atoms with Crippen molar-refractivity contribution in [2.24, 2.45) is 0 Å². The lowest BCUT2D eigenvalue weighted by Gasteiger charge is -2.06. The highest BCUT2D eigenvalue weighted by Crippen LogP contribution is 2.14. The number of likely N-dealkylation sites (N-methyl/N-ethyl adjacent to an activating group) is 1. The van der Waals surface area contributed by atoms with E-state index in [2.05, 4.69) is 0 Å². The quantitative estimate of drug-likeness (QED) is 0.588. The Hall–Kier alpha value is -1.77. The maximum Gasteiger partial charge on any atom is 0.246 e. The predicted molar refractivity (Wildman–Crippen MR) is 63.3 cm³/mol. The molecule has 15 heavy (non-hydrogen) atoms. The van der Waals surface area contributed by atoms with E-state index in [0.717, 1.165) is 11.1 Å². The van der Waals surface area contributed by atoms with Crippen molar-refractivity contribution in [3.8, 4) is 0 Å². The first-order valence-corrected chi connectivity index (χ1v) is 4.76. The van der Waals surface area contributed by atoms with E-state index in [1.807, 2.05) is 25.1 Å². The van der Waals surface area contributed by atoms with Crippen LogP contribution in [0.3, 0.4) is 0 Å². The van der Waals surface area contributed by atoms with Crippen molar-refractivity contribution < 1.29 is 4.79 Å². The van der Waals surface area contributed by atoms with Crippen LogP contribution >= 0.6 is 0 Å². The summed E-state index contributed by atoms with van der Waals surface area (Å²) in [4.78, 5) is 12.8. The third kappa shape index (κ3) is 3.13. The molecule has 1 aromatic carbocycles. The molecule has 2 N–H and O–H groups in total. The zero-order valence-electron chi connectivity index (χ0n) is 9.32. The molecule has 3 heteroatoms. The van der Waals surface area contributed by atoms with Crippen LogP contribution in [0.25, 0.3) is 6.08 Å². The summed E-state index contributed by atoms with van der Waals surface area (Å²) in [5.41, 5.74) is 8.45. The smallest absolute Gasteiger partial charge is 0.246 e. The molecule has 3 nitrogen and oxygen atoms in total. The van der Waals surface area contributed by atoms with E-state index in [1.54, 1.807) is 26.2 Å². The highest BCUT2D eigenvalue weighted by Gasteiger charge is 1.99. The van der Waals surface area contributed by atoms with Gasteiger partial charge in [-0.1, -0.05) is 6.07 Å². The third-order valence-corrected chi connectivity index (χ3v) is 2.15. The number of carbonyl (C=O) groups is 1. The van der Waals surface area contributed by atoms with E-state index in [1.165, 1.54) is 4.90 Å². The SMILES string of the molecule is Cc1ccc(N)cc1/C=C/C(=O)N(C)C. The molecule has 0 aliphatic carbocycles. The molecule has 0 aromatic heterocycles. The van der Waals surface area contributed by atoms with Crippen LogP contribution in [-0.4, -0.2) is 24.9 Å². The van der Waals surface area contributed by atoms with Gasteiger partial charge in [0.25, 0.3) is 0 Å². The number of nitrogens with zero attached hydrogens (tertiary/aromatic N) is 1. The predicted octanol–water partition coefficient (Wildman–Crippen LogP) is 1.68. The van der Waals surface area contributed by atoms with Gasteiger partial charge in [0.05, 0.1) is 0 Å². The molecule has 0 fully saturated rings. The van der Waals surface area contributed by atoms with Gasteiger partial charge in [0, 0.05) is 25.9 Å². The molecule has 1 amide bonds. The molecule has 0 heterocycles. The molecule has 80 valence electrons. The minimum atomic E-state index is -0.0307. The average Bonchev–Trinajstić information content (AvgIpc) is 2.18. The fourth-order valence-electron chi connectivity index (χ4n) is 1.15. The number of nitrogens with two attached hydrogens (primary N) is 1. The van der Waals surface area contributed by atoms with Crippen molar-refractivity contribution in [2.75, 3.05) is 19.8 Å². The first-order chi connectivity index (χ1) is 7.00. The van der Waals surface area contributed by atoms with E-state index < -0.39 is 0 Å². The van der Waals surface area contributed by atoms with E-state index >= 15 is 0 Å². The summed E-state index contributed by atoms with van der Waals surface area (Å²) < 4.78 is 0. The van der Waals surface area contributed by atoms with Crippen molar-refractivity contribution in [3.63, 3.8) is 0 Å². The van der Waals surface area contributed by atoms with Crippen molar-refractivity contribution in [1.29, 1.82) is 0 Å². The Morgan fingerprint density at radius 1 is 1.40 bits per heavy atom. The summed E-state index contributed by atoms with van der Waals surface area (Å²) in [7, 11) is 3.44. The summed E-state index contributed by atoms with van der Waals surface area (Å²) >= 11 is 0. The lowest BCUT2D eigenvalue weighted by atomic mass is 10.1. The fraction of sp³-hybridized carbons (Fsp3) is 0.250. The standard InChI is InChI=1S/C12H16N2O/c1-9-4-6-11(13)8-10(9)5-7-12(15)14(2)3/h4-8H,13H2,1-3H3/b7-5+. The molecule has 0 unspecified atom stereocenters. The van der Waals surface area contributed by atoms with Gasteiger partial charge in [0.2, 0.25) is 5.91 Å². The Labute approximate surface area is 90.2 Å². The Bertz CT molecular complexity index is 395. The van der Waals surface area contributed by atoms with Crippen molar-refractivity contribution in [2.45, 2.75) is 6.92 Å². The molecule has 1 rings (SSSR count). The van der Waals surface area contributed by atoms with Crippen molar-refractivity contribution in [3.05, 3.63) is 35.4 Å². The van der Waals surface area contributed by atoms with E-state index in [0.29, 0.717) is 5.69 Å². The molecular formula is C12H16N2O. The van der Waals surface area contributed by atoms with Gasteiger partial charge in [-0.2, -0.15) is 0 Å². The fourth-order valence-corrected chi connectivity index (χ4v) is 1.15. The molecule has 0 radical (unpaired) electrons. The number of aryl methyl sites for hydroxylation is 1. The van der Waals surface area contributed by atoms with Gasteiger partial charge in [0.15, 0.2) is 0 Å². The number of amides is 1. The number of nitrogen functional groups attached to an aromatic ring is 1. The lowest BCUT2D eigenvalue weighted by Crippen LogP contribution is -2.18. The summed E-state index contributed by atoms with van der Waals surface area (Å²) in [6, 6.07) is 5.64.